The van der Waals surface area contributed by atoms with Crippen LogP contribution in [-0.4, -0.2) is 45.7 Å². The van der Waals surface area contributed by atoms with Gasteiger partial charge in [-0.3, -0.25) is 14.3 Å². The summed E-state index contributed by atoms with van der Waals surface area (Å²) >= 11 is 6.04. The number of ketones is 1. The Bertz CT molecular complexity index is 1270. The molecule has 33 heavy (non-hydrogen) atoms. The highest BCUT2D eigenvalue weighted by Crippen LogP contribution is 2.30. The van der Waals surface area contributed by atoms with E-state index in [-0.39, 0.29) is 23.1 Å². The second kappa shape index (κ2) is 8.71. The molecular weight excluding hydrogens is 446 g/mol. The molecule has 4 rings (SSSR count). The summed E-state index contributed by atoms with van der Waals surface area (Å²) in [4.78, 5) is 39.6. The van der Waals surface area contributed by atoms with Gasteiger partial charge in [-0.05, 0) is 55.8 Å². The van der Waals surface area contributed by atoms with Crippen molar-refractivity contribution in [1.82, 2.24) is 9.78 Å². The lowest BCUT2D eigenvalue weighted by molar-refractivity contribution is 0.0688. The summed E-state index contributed by atoms with van der Waals surface area (Å²) in [7, 11) is 1.48. The second-order valence-electron chi connectivity index (χ2n) is 7.76. The summed E-state index contributed by atoms with van der Waals surface area (Å²) in [6.07, 6.45) is 0.412. The number of carbonyl (C=O) groups is 3. The molecule has 1 aliphatic heterocycles. The molecule has 9 heteroatoms. The number of carboxylic acids is 1. The molecule has 2 aromatic carbocycles. The third kappa shape index (κ3) is 3.87. The lowest BCUT2D eigenvalue weighted by Gasteiger charge is -2.34. The van der Waals surface area contributed by atoms with Gasteiger partial charge >= 0.3 is 5.97 Å². The fourth-order valence-corrected chi connectivity index (χ4v) is 4.29. The van der Waals surface area contributed by atoms with Crippen LogP contribution in [0.1, 0.15) is 56.3 Å². The molecule has 1 aromatic heterocycles. The molecule has 1 amide bonds. The summed E-state index contributed by atoms with van der Waals surface area (Å²) in [6.45, 7) is 4.04. The van der Waals surface area contributed by atoms with Crippen molar-refractivity contribution >= 4 is 34.9 Å². The fourth-order valence-electron chi connectivity index (χ4n) is 4.09. The van der Waals surface area contributed by atoms with Gasteiger partial charge in [0.2, 0.25) is 0 Å². The Morgan fingerprint density at radius 3 is 2.45 bits per heavy atom. The number of rotatable bonds is 6. The van der Waals surface area contributed by atoms with E-state index in [0.29, 0.717) is 46.2 Å². The van der Waals surface area contributed by atoms with Gasteiger partial charge in [0.1, 0.15) is 17.0 Å². The number of halogens is 1. The number of benzene rings is 2. The average Bonchev–Trinajstić information content (AvgIpc) is 3.18. The molecule has 3 aromatic rings. The molecule has 0 radical (unpaired) electrons. The van der Waals surface area contributed by atoms with Crippen molar-refractivity contribution < 1.29 is 24.2 Å². The molecule has 0 saturated carbocycles. The van der Waals surface area contributed by atoms with E-state index in [9.17, 15) is 19.5 Å². The number of hydrogen-bond donors (Lipinski definition) is 1. The molecule has 1 atom stereocenters. The number of methoxy groups -OCH3 is 1. The van der Waals surface area contributed by atoms with Gasteiger partial charge in [-0.25, -0.2) is 4.79 Å². The number of fused-ring (bicyclic) bond motifs is 1. The van der Waals surface area contributed by atoms with Gasteiger partial charge in [-0.1, -0.05) is 18.5 Å². The zero-order valence-corrected chi connectivity index (χ0v) is 19.1. The van der Waals surface area contributed by atoms with Crippen LogP contribution in [0.25, 0.3) is 0 Å². The first-order chi connectivity index (χ1) is 15.8. The van der Waals surface area contributed by atoms with E-state index in [1.165, 1.54) is 11.8 Å². The molecule has 0 saturated heterocycles. The predicted molar refractivity (Wildman–Crippen MR) is 123 cm³/mol. The van der Waals surface area contributed by atoms with E-state index in [2.05, 4.69) is 5.10 Å². The Morgan fingerprint density at radius 1 is 1.18 bits per heavy atom. The van der Waals surface area contributed by atoms with Gasteiger partial charge in [0.15, 0.2) is 5.78 Å². The first-order valence-electron chi connectivity index (χ1n) is 10.4. The summed E-state index contributed by atoms with van der Waals surface area (Å²) in [5.41, 5.74) is 1.84. The Kier molecular flexibility index (Phi) is 5.95. The number of nitrogens with zero attached hydrogens (tertiary/aromatic N) is 3. The molecule has 0 spiro atoms. The molecule has 0 aliphatic carbocycles. The molecule has 8 nitrogen and oxygen atoms in total. The largest absolute Gasteiger partial charge is 0.495 e. The number of aromatic carboxylic acids is 1. The van der Waals surface area contributed by atoms with Crippen molar-refractivity contribution in [3.63, 3.8) is 0 Å². The number of aryl methyl sites for hydroxylation is 1. The van der Waals surface area contributed by atoms with E-state index < -0.39 is 11.9 Å². The van der Waals surface area contributed by atoms with Crippen molar-refractivity contribution in [1.29, 1.82) is 0 Å². The lowest BCUT2D eigenvalue weighted by atomic mass is 10.0. The van der Waals surface area contributed by atoms with Gasteiger partial charge in [0, 0.05) is 16.8 Å². The van der Waals surface area contributed by atoms with Crippen LogP contribution in [0.15, 0.2) is 42.5 Å². The standard InChI is InChI=1S/C24H22ClN3O5/c1-4-18-20(24(31)32)21-23(30)28(13(2)12-27(21)26-18)16-8-5-14(6-9-16)22(29)15-7-10-17(25)19(11-15)33-3/h5-11,13H,4,12H2,1-3H3,(H,31,32). The number of hydrogen-bond acceptors (Lipinski definition) is 5. The molecule has 0 fully saturated rings. The van der Waals surface area contributed by atoms with Crippen molar-refractivity contribution in [3.05, 3.63) is 75.6 Å². The Hall–Kier alpha value is -3.65. The predicted octanol–water partition coefficient (Wildman–Crippen LogP) is 4.09. The third-order valence-corrected chi connectivity index (χ3v) is 6.01. The number of anilines is 1. The highest BCUT2D eigenvalue weighted by molar-refractivity contribution is 6.32. The van der Waals surface area contributed by atoms with Gasteiger partial charge in [-0.2, -0.15) is 5.10 Å². The number of carbonyl (C=O) groups excluding carboxylic acids is 2. The van der Waals surface area contributed by atoms with E-state index in [4.69, 9.17) is 16.3 Å². The maximum absolute atomic E-state index is 13.3. The Balaban J connectivity index is 1.66. The summed E-state index contributed by atoms with van der Waals surface area (Å²) in [5.74, 6) is -1.41. The van der Waals surface area contributed by atoms with Gasteiger partial charge in [-0.15, -0.1) is 0 Å². The summed E-state index contributed by atoms with van der Waals surface area (Å²) in [6, 6.07) is 11.2. The zero-order chi connectivity index (χ0) is 23.9. The van der Waals surface area contributed by atoms with Crippen LogP contribution in [0.2, 0.25) is 5.02 Å². The normalized spacial score (nSPS) is 15.3. The van der Waals surface area contributed by atoms with Crippen molar-refractivity contribution in [2.75, 3.05) is 12.0 Å². The molecule has 2 heterocycles. The van der Waals surface area contributed by atoms with Crippen LogP contribution in [0.4, 0.5) is 5.69 Å². The van der Waals surface area contributed by atoms with Crippen LogP contribution >= 0.6 is 11.6 Å². The molecule has 1 N–H and O–H groups in total. The minimum atomic E-state index is -1.17. The Morgan fingerprint density at radius 2 is 1.85 bits per heavy atom. The van der Waals surface area contributed by atoms with Crippen LogP contribution in [0.3, 0.4) is 0 Å². The first kappa shape index (κ1) is 22.5. The lowest BCUT2D eigenvalue weighted by Crippen LogP contribution is -2.47. The monoisotopic (exact) mass is 467 g/mol. The van der Waals surface area contributed by atoms with E-state index >= 15 is 0 Å². The van der Waals surface area contributed by atoms with Crippen LogP contribution in [-0.2, 0) is 13.0 Å². The molecule has 170 valence electrons. The minimum Gasteiger partial charge on any atom is -0.495 e. The zero-order valence-electron chi connectivity index (χ0n) is 18.3. The first-order valence-corrected chi connectivity index (χ1v) is 10.8. The molecular formula is C24H22ClN3O5. The topological polar surface area (TPSA) is 102 Å². The number of ether oxygens (including phenoxy) is 1. The van der Waals surface area contributed by atoms with E-state index in [1.807, 2.05) is 6.92 Å². The van der Waals surface area contributed by atoms with E-state index in [0.717, 1.165) is 0 Å². The average molecular weight is 468 g/mol. The van der Waals surface area contributed by atoms with Crippen LogP contribution in [0.5, 0.6) is 5.75 Å². The number of aromatic nitrogens is 2. The van der Waals surface area contributed by atoms with Gasteiger partial charge < -0.3 is 14.7 Å². The van der Waals surface area contributed by atoms with Crippen molar-refractivity contribution in [2.45, 2.75) is 32.9 Å². The molecule has 1 aliphatic rings. The van der Waals surface area contributed by atoms with Gasteiger partial charge in [0.05, 0.1) is 30.4 Å². The van der Waals surface area contributed by atoms with Crippen LogP contribution in [0, 0.1) is 0 Å². The second-order valence-corrected chi connectivity index (χ2v) is 8.17. The maximum Gasteiger partial charge on any atom is 0.340 e. The number of amides is 1. The quantitative estimate of drug-likeness (QED) is 0.548. The van der Waals surface area contributed by atoms with Crippen molar-refractivity contribution in [2.24, 2.45) is 0 Å². The highest BCUT2D eigenvalue weighted by atomic mass is 35.5. The highest BCUT2D eigenvalue weighted by Gasteiger charge is 2.37. The summed E-state index contributed by atoms with van der Waals surface area (Å²) in [5, 5.41) is 14.4. The smallest absolute Gasteiger partial charge is 0.340 e. The summed E-state index contributed by atoms with van der Waals surface area (Å²) < 4.78 is 6.67. The SMILES string of the molecule is CCc1nn2c(c1C(=O)O)C(=O)N(c1ccc(C(=O)c3ccc(Cl)c(OC)c3)cc1)C(C)C2. The maximum atomic E-state index is 13.3. The van der Waals surface area contributed by atoms with E-state index in [1.54, 1.807) is 54.3 Å². The third-order valence-electron chi connectivity index (χ3n) is 5.69. The Labute approximate surface area is 195 Å². The van der Waals surface area contributed by atoms with Gasteiger partial charge in [0.25, 0.3) is 5.91 Å². The minimum absolute atomic E-state index is 0.0529. The van der Waals surface area contributed by atoms with Crippen molar-refractivity contribution in [3.8, 4) is 5.75 Å². The molecule has 0 bridgehead atoms. The molecule has 1 unspecified atom stereocenters. The number of carboxylic acid groups (broad SMARTS) is 1. The van der Waals surface area contributed by atoms with Crippen LogP contribution < -0.4 is 9.64 Å². The fraction of sp³-hybridized carbons (Fsp3) is 0.250.